The fourth-order valence-corrected chi connectivity index (χ4v) is 6.63. The van der Waals surface area contributed by atoms with Crippen LogP contribution in [-0.2, 0) is 10.0 Å². The first-order chi connectivity index (χ1) is 18.8. The maximum Gasteiger partial charge on any atom is 0.255 e. The predicted molar refractivity (Wildman–Crippen MR) is 159 cm³/mol. The van der Waals surface area contributed by atoms with Gasteiger partial charge in [-0.3, -0.25) is 9.10 Å². The van der Waals surface area contributed by atoms with Crippen molar-refractivity contribution in [3.63, 3.8) is 0 Å². The number of aryl methyl sites for hydroxylation is 1. The molecule has 1 saturated carbocycles. The largest absolute Gasteiger partial charge is 0.455 e. The number of furan rings is 1. The second kappa shape index (κ2) is 11.3. The molecule has 1 amide bonds. The van der Waals surface area contributed by atoms with E-state index in [-0.39, 0.29) is 5.91 Å². The Morgan fingerprint density at radius 3 is 2.31 bits per heavy atom. The number of fused-ring (bicyclic) bond motifs is 1. The van der Waals surface area contributed by atoms with Crippen molar-refractivity contribution in [3.8, 4) is 22.5 Å². The Labute approximate surface area is 231 Å². The summed E-state index contributed by atoms with van der Waals surface area (Å²) in [7, 11) is -1.99. The summed E-state index contributed by atoms with van der Waals surface area (Å²) in [4.78, 5) is 13.2. The second-order valence-corrected chi connectivity index (χ2v) is 12.5. The van der Waals surface area contributed by atoms with Crippen LogP contribution in [-0.4, -0.2) is 34.2 Å². The molecular formula is C32H36N2O4S. The quantitative estimate of drug-likeness (QED) is 0.255. The molecule has 1 aliphatic rings. The Morgan fingerprint density at radius 1 is 0.974 bits per heavy atom. The van der Waals surface area contributed by atoms with Crippen LogP contribution in [0.25, 0.3) is 33.4 Å². The molecule has 3 aromatic carbocycles. The van der Waals surface area contributed by atoms with E-state index in [1.165, 1.54) is 29.8 Å². The molecule has 6 nitrogen and oxygen atoms in total. The fraction of sp³-hybridized carbons (Fsp3) is 0.344. The summed E-state index contributed by atoms with van der Waals surface area (Å²) in [6.45, 7) is 2.41. The van der Waals surface area contributed by atoms with Gasteiger partial charge >= 0.3 is 0 Å². The summed E-state index contributed by atoms with van der Waals surface area (Å²) in [6, 6.07) is 21.3. The minimum atomic E-state index is -3.59. The van der Waals surface area contributed by atoms with Gasteiger partial charge in [0.25, 0.3) is 5.91 Å². The number of rotatable bonds is 8. The van der Waals surface area contributed by atoms with Crippen molar-refractivity contribution >= 4 is 32.6 Å². The number of nitrogens with one attached hydrogen (secondary N) is 1. The maximum atomic E-state index is 13.2. The number of anilines is 1. The number of hydrogen-bond donors (Lipinski definition) is 1. The Balaban J connectivity index is 1.71. The summed E-state index contributed by atoms with van der Waals surface area (Å²) in [5.41, 5.74) is 5.00. The SMILES string of the molecule is CNC(=O)c1c(-c2ccc(C)cc2)oc2cc(N(CCC3CCCCC3)S(C)(=O)=O)c(-c3ccccc3)cc12. The summed E-state index contributed by atoms with van der Waals surface area (Å²) in [5.74, 6) is 0.741. The first-order valence-electron chi connectivity index (χ1n) is 13.7. The standard InChI is InChI=1S/C32H36N2O4S/c1-22-14-16-25(17-15-22)31-30(32(35)33-2)27-20-26(24-12-8-5-9-13-24)28(21-29(27)38-31)34(39(3,36)37)19-18-23-10-6-4-7-11-23/h5,8-9,12-17,20-21,23H,4,6-7,10-11,18-19H2,1-3H3,(H,33,35). The molecule has 1 N–H and O–H groups in total. The number of hydrogen-bond acceptors (Lipinski definition) is 4. The van der Waals surface area contributed by atoms with Crippen LogP contribution in [0.1, 0.15) is 54.4 Å². The minimum Gasteiger partial charge on any atom is -0.455 e. The molecule has 1 aliphatic carbocycles. The van der Waals surface area contributed by atoms with Crippen molar-refractivity contribution < 1.29 is 17.6 Å². The first-order valence-corrected chi connectivity index (χ1v) is 15.5. The van der Waals surface area contributed by atoms with Crippen molar-refractivity contribution in [1.82, 2.24) is 5.32 Å². The third-order valence-electron chi connectivity index (χ3n) is 7.79. The first kappa shape index (κ1) is 27.0. The lowest BCUT2D eigenvalue weighted by Gasteiger charge is -2.28. The molecule has 0 aliphatic heterocycles. The lowest BCUT2D eigenvalue weighted by Crippen LogP contribution is -2.32. The highest BCUT2D eigenvalue weighted by Gasteiger charge is 2.28. The smallest absolute Gasteiger partial charge is 0.255 e. The third kappa shape index (κ3) is 5.74. The van der Waals surface area contributed by atoms with Gasteiger partial charge < -0.3 is 9.73 Å². The van der Waals surface area contributed by atoms with Crippen molar-refractivity contribution in [2.24, 2.45) is 5.92 Å². The van der Waals surface area contributed by atoms with E-state index in [1.54, 1.807) is 13.1 Å². The Morgan fingerprint density at radius 2 is 1.67 bits per heavy atom. The minimum absolute atomic E-state index is 0.256. The molecule has 7 heteroatoms. The monoisotopic (exact) mass is 544 g/mol. The molecule has 1 fully saturated rings. The molecule has 204 valence electrons. The predicted octanol–water partition coefficient (Wildman–Crippen LogP) is 7.17. The number of carbonyl (C=O) groups is 1. The van der Waals surface area contributed by atoms with Gasteiger partial charge in [-0.15, -0.1) is 0 Å². The zero-order valence-electron chi connectivity index (χ0n) is 22.9. The van der Waals surface area contributed by atoms with Gasteiger partial charge in [-0.05, 0) is 30.9 Å². The molecule has 4 aromatic rings. The highest BCUT2D eigenvalue weighted by molar-refractivity contribution is 7.92. The van der Waals surface area contributed by atoms with Gasteiger partial charge in [-0.25, -0.2) is 8.42 Å². The lowest BCUT2D eigenvalue weighted by molar-refractivity contribution is 0.0964. The van der Waals surface area contributed by atoms with Gasteiger partial charge in [-0.1, -0.05) is 92.3 Å². The van der Waals surface area contributed by atoms with Gasteiger partial charge in [0.15, 0.2) is 0 Å². The molecule has 1 aromatic heterocycles. The Hall–Kier alpha value is -3.58. The molecule has 39 heavy (non-hydrogen) atoms. The summed E-state index contributed by atoms with van der Waals surface area (Å²) in [5, 5.41) is 3.40. The van der Waals surface area contributed by atoms with Crippen molar-refractivity contribution in [2.45, 2.75) is 45.4 Å². The molecule has 1 heterocycles. The van der Waals surface area contributed by atoms with Gasteiger partial charge in [0, 0.05) is 36.2 Å². The average Bonchev–Trinajstić information content (AvgIpc) is 3.31. The second-order valence-electron chi connectivity index (χ2n) is 10.6. The molecular weight excluding hydrogens is 508 g/mol. The highest BCUT2D eigenvalue weighted by Crippen LogP contribution is 2.42. The summed E-state index contributed by atoms with van der Waals surface area (Å²) >= 11 is 0. The number of nitrogens with zero attached hydrogens (tertiary/aromatic N) is 1. The van der Waals surface area contributed by atoms with Crippen LogP contribution in [0.5, 0.6) is 0 Å². The summed E-state index contributed by atoms with van der Waals surface area (Å²) in [6.07, 6.45) is 8.06. The average molecular weight is 545 g/mol. The van der Waals surface area contributed by atoms with Crippen LogP contribution < -0.4 is 9.62 Å². The van der Waals surface area contributed by atoms with Crippen LogP contribution in [0.4, 0.5) is 5.69 Å². The number of carbonyl (C=O) groups excluding carboxylic acids is 1. The molecule has 0 spiro atoms. The maximum absolute atomic E-state index is 13.2. The van der Waals surface area contributed by atoms with Gasteiger partial charge in [0.1, 0.15) is 11.3 Å². The van der Waals surface area contributed by atoms with E-state index in [9.17, 15) is 13.2 Å². The Bertz CT molecular complexity index is 1570. The Kier molecular flexibility index (Phi) is 7.80. The van der Waals surface area contributed by atoms with E-state index in [2.05, 4.69) is 5.32 Å². The van der Waals surface area contributed by atoms with Crippen molar-refractivity contribution in [1.29, 1.82) is 0 Å². The number of benzene rings is 3. The zero-order chi connectivity index (χ0) is 27.6. The van der Waals surface area contributed by atoms with Crippen LogP contribution in [0.15, 0.2) is 71.1 Å². The van der Waals surface area contributed by atoms with Crippen LogP contribution >= 0.6 is 0 Å². The van der Waals surface area contributed by atoms with E-state index in [0.29, 0.717) is 40.4 Å². The van der Waals surface area contributed by atoms with E-state index < -0.39 is 10.0 Å². The van der Waals surface area contributed by atoms with E-state index in [4.69, 9.17) is 4.42 Å². The topological polar surface area (TPSA) is 79.6 Å². The van der Waals surface area contributed by atoms with Gasteiger partial charge in [-0.2, -0.15) is 0 Å². The molecule has 0 radical (unpaired) electrons. The van der Waals surface area contributed by atoms with Crippen molar-refractivity contribution in [3.05, 3.63) is 77.9 Å². The molecule has 0 unspecified atom stereocenters. The molecule has 0 bridgehead atoms. The van der Waals surface area contributed by atoms with E-state index >= 15 is 0 Å². The van der Waals surface area contributed by atoms with E-state index in [0.717, 1.165) is 41.5 Å². The molecule has 5 rings (SSSR count). The fourth-order valence-electron chi connectivity index (χ4n) is 5.69. The third-order valence-corrected chi connectivity index (χ3v) is 8.97. The number of sulfonamides is 1. The normalized spacial score (nSPS) is 14.4. The highest BCUT2D eigenvalue weighted by atomic mass is 32.2. The van der Waals surface area contributed by atoms with Gasteiger partial charge in [0.2, 0.25) is 10.0 Å². The van der Waals surface area contributed by atoms with E-state index in [1.807, 2.05) is 67.6 Å². The van der Waals surface area contributed by atoms with Crippen molar-refractivity contribution in [2.75, 3.05) is 24.2 Å². The number of amides is 1. The molecule has 0 atom stereocenters. The van der Waals surface area contributed by atoms with Gasteiger partial charge in [0.05, 0.1) is 17.5 Å². The zero-order valence-corrected chi connectivity index (χ0v) is 23.7. The van der Waals surface area contributed by atoms with Crippen LogP contribution in [0.2, 0.25) is 0 Å². The van der Waals surface area contributed by atoms with Crippen LogP contribution in [0, 0.1) is 12.8 Å². The molecule has 0 saturated heterocycles. The summed E-state index contributed by atoms with van der Waals surface area (Å²) < 4.78 is 34.4. The van der Waals surface area contributed by atoms with Crippen LogP contribution in [0.3, 0.4) is 0 Å². The lowest BCUT2D eigenvalue weighted by atomic mass is 9.87.